The quantitative estimate of drug-likeness (QED) is 0.505. The van der Waals surface area contributed by atoms with Crippen molar-refractivity contribution in [2.24, 2.45) is 0 Å². The Morgan fingerprint density at radius 2 is 1.70 bits per heavy atom. The first kappa shape index (κ1) is 19.2. The number of hydrogen-bond donors (Lipinski definition) is 1. The molecule has 0 unspecified atom stereocenters. The van der Waals surface area contributed by atoms with Gasteiger partial charge in [-0.05, 0) is 54.6 Å². The van der Waals surface area contributed by atoms with Gasteiger partial charge in [-0.3, -0.25) is 4.79 Å². The summed E-state index contributed by atoms with van der Waals surface area (Å²) in [5.41, 5.74) is 2.56. The van der Waals surface area contributed by atoms with Crippen molar-refractivity contribution in [2.45, 2.75) is 0 Å². The second-order valence-corrected chi connectivity index (χ2v) is 6.39. The number of carbonyl (C=O) groups excluding carboxylic acids is 1. The highest BCUT2D eigenvalue weighted by Crippen LogP contribution is 2.26. The Balaban J connectivity index is 1.55. The number of para-hydroxylation sites is 1. The van der Waals surface area contributed by atoms with E-state index in [2.05, 4.69) is 15.5 Å². The molecule has 7 nitrogen and oxygen atoms in total. The number of rotatable bonds is 6. The lowest BCUT2D eigenvalue weighted by Crippen LogP contribution is -2.13. The molecular formula is C23H19N3O4. The molecule has 1 amide bonds. The van der Waals surface area contributed by atoms with Crippen LogP contribution >= 0.6 is 0 Å². The van der Waals surface area contributed by atoms with Crippen LogP contribution in [0.25, 0.3) is 22.8 Å². The van der Waals surface area contributed by atoms with Crippen molar-refractivity contribution < 1.29 is 18.8 Å². The standard InChI is InChI=1S/C23H19N3O4/c1-28-18-12-10-15(11-13-18)21-25-23(30-26-21)16-6-5-7-17(14-16)24-22(27)19-8-3-4-9-20(19)29-2/h3-14H,1-2H3,(H,24,27). The van der Waals surface area contributed by atoms with Gasteiger partial charge in [-0.2, -0.15) is 4.98 Å². The third-order valence-corrected chi connectivity index (χ3v) is 4.49. The summed E-state index contributed by atoms with van der Waals surface area (Å²) >= 11 is 0. The lowest BCUT2D eigenvalue weighted by Gasteiger charge is -2.09. The van der Waals surface area contributed by atoms with Gasteiger partial charge in [-0.1, -0.05) is 23.4 Å². The smallest absolute Gasteiger partial charge is 0.259 e. The first-order valence-electron chi connectivity index (χ1n) is 9.21. The number of methoxy groups -OCH3 is 2. The predicted octanol–water partition coefficient (Wildman–Crippen LogP) is 4.67. The van der Waals surface area contributed by atoms with Gasteiger partial charge in [0, 0.05) is 16.8 Å². The van der Waals surface area contributed by atoms with Crippen LogP contribution in [0.5, 0.6) is 11.5 Å². The molecule has 0 aliphatic rings. The molecule has 0 spiro atoms. The third-order valence-electron chi connectivity index (χ3n) is 4.49. The van der Waals surface area contributed by atoms with Gasteiger partial charge in [-0.25, -0.2) is 0 Å². The number of ether oxygens (including phenoxy) is 2. The van der Waals surface area contributed by atoms with Crippen LogP contribution in [0.15, 0.2) is 77.3 Å². The molecule has 4 aromatic rings. The maximum atomic E-state index is 12.6. The Labute approximate surface area is 173 Å². The highest BCUT2D eigenvalue weighted by atomic mass is 16.5. The summed E-state index contributed by atoms with van der Waals surface area (Å²) in [6, 6.07) is 21.6. The van der Waals surface area contributed by atoms with Gasteiger partial charge in [0.15, 0.2) is 0 Å². The molecule has 1 heterocycles. The lowest BCUT2D eigenvalue weighted by atomic mass is 10.1. The van der Waals surface area contributed by atoms with Crippen molar-refractivity contribution in [3.63, 3.8) is 0 Å². The SMILES string of the molecule is COc1ccc(-c2noc(-c3cccc(NC(=O)c4ccccc4OC)c3)n2)cc1. The van der Waals surface area contributed by atoms with Gasteiger partial charge in [0.2, 0.25) is 5.82 Å². The monoisotopic (exact) mass is 401 g/mol. The van der Waals surface area contributed by atoms with Gasteiger partial charge in [-0.15, -0.1) is 0 Å². The molecule has 0 atom stereocenters. The summed E-state index contributed by atoms with van der Waals surface area (Å²) in [5, 5.41) is 6.92. The highest BCUT2D eigenvalue weighted by Gasteiger charge is 2.14. The van der Waals surface area contributed by atoms with Crippen molar-refractivity contribution >= 4 is 11.6 Å². The molecule has 0 saturated heterocycles. The minimum atomic E-state index is -0.269. The van der Waals surface area contributed by atoms with E-state index in [1.54, 1.807) is 37.4 Å². The Hall–Kier alpha value is -4.13. The van der Waals surface area contributed by atoms with Crippen molar-refractivity contribution in [3.05, 3.63) is 78.4 Å². The summed E-state index contributed by atoms with van der Waals surface area (Å²) in [7, 11) is 3.14. The lowest BCUT2D eigenvalue weighted by molar-refractivity contribution is 0.102. The molecule has 7 heteroatoms. The van der Waals surface area contributed by atoms with Crippen LogP contribution in [0.4, 0.5) is 5.69 Å². The van der Waals surface area contributed by atoms with Gasteiger partial charge in [0.1, 0.15) is 11.5 Å². The van der Waals surface area contributed by atoms with Gasteiger partial charge < -0.3 is 19.3 Å². The Morgan fingerprint density at radius 1 is 0.900 bits per heavy atom. The number of anilines is 1. The fourth-order valence-electron chi connectivity index (χ4n) is 2.96. The molecule has 0 fully saturated rings. The molecule has 1 aromatic heterocycles. The summed E-state index contributed by atoms with van der Waals surface area (Å²) < 4.78 is 15.8. The van der Waals surface area contributed by atoms with E-state index in [9.17, 15) is 4.79 Å². The largest absolute Gasteiger partial charge is 0.497 e. The average Bonchev–Trinajstić information content (AvgIpc) is 3.29. The number of nitrogens with one attached hydrogen (secondary N) is 1. The molecule has 0 aliphatic carbocycles. The fraction of sp³-hybridized carbons (Fsp3) is 0.0870. The first-order chi connectivity index (χ1) is 14.7. The summed E-state index contributed by atoms with van der Waals surface area (Å²) in [6.07, 6.45) is 0. The molecule has 0 bridgehead atoms. The predicted molar refractivity (Wildman–Crippen MR) is 113 cm³/mol. The van der Waals surface area contributed by atoms with E-state index in [0.717, 1.165) is 11.3 Å². The number of amides is 1. The number of nitrogens with zero attached hydrogens (tertiary/aromatic N) is 2. The summed E-state index contributed by atoms with van der Waals surface area (Å²) in [4.78, 5) is 17.1. The molecule has 0 aliphatic heterocycles. The van der Waals surface area contributed by atoms with Crippen molar-refractivity contribution in [2.75, 3.05) is 19.5 Å². The second kappa shape index (κ2) is 8.48. The molecular weight excluding hydrogens is 382 g/mol. The third kappa shape index (κ3) is 4.00. The number of aromatic nitrogens is 2. The van der Waals surface area contributed by atoms with E-state index in [1.807, 2.05) is 42.5 Å². The van der Waals surface area contributed by atoms with Crippen molar-refractivity contribution in [1.82, 2.24) is 10.1 Å². The maximum Gasteiger partial charge on any atom is 0.259 e. The minimum absolute atomic E-state index is 0.269. The van der Waals surface area contributed by atoms with E-state index in [0.29, 0.717) is 34.3 Å². The molecule has 150 valence electrons. The van der Waals surface area contributed by atoms with Crippen LogP contribution in [0, 0.1) is 0 Å². The van der Waals surface area contributed by atoms with Crippen molar-refractivity contribution in [1.29, 1.82) is 0 Å². The Bertz CT molecular complexity index is 1170. The van der Waals surface area contributed by atoms with Crippen LogP contribution in [-0.4, -0.2) is 30.3 Å². The van der Waals surface area contributed by atoms with Crippen LogP contribution in [-0.2, 0) is 0 Å². The zero-order chi connectivity index (χ0) is 20.9. The highest BCUT2D eigenvalue weighted by molar-refractivity contribution is 6.06. The van der Waals surface area contributed by atoms with E-state index in [4.69, 9.17) is 14.0 Å². The zero-order valence-electron chi connectivity index (χ0n) is 16.5. The van der Waals surface area contributed by atoms with Crippen LogP contribution in [0.3, 0.4) is 0 Å². The summed E-state index contributed by atoms with van der Waals surface area (Å²) in [5.74, 6) is 1.81. The van der Waals surface area contributed by atoms with E-state index < -0.39 is 0 Å². The summed E-state index contributed by atoms with van der Waals surface area (Å²) in [6.45, 7) is 0. The average molecular weight is 401 g/mol. The van der Waals surface area contributed by atoms with Crippen LogP contribution in [0.2, 0.25) is 0 Å². The van der Waals surface area contributed by atoms with Crippen LogP contribution < -0.4 is 14.8 Å². The maximum absolute atomic E-state index is 12.6. The number of hydrogen-bond acceptors (Lipinski definition) is 6. The molecule has 1 N–H and O–H groups in total. The van der Waals surface area contributed by atoms with Crippen molar-refractivity contribution in [3.8, 4) is 34.3 Å². The molecule has 0 saturated carbocycles. The number of carbonyl (C=O) groups is 1. The van der Waals surface area contributed by atoms with Gasteiger partial charge in [0.25, 0.3) is 11.8 Å². The molecule has 0 radical (unpaired) electrons. The zero-order valence-corrected chi connectivity index (χ0v) is 16.5. The molecule has 4 rings (SSSR count). The Morgan fingerprint density at radius 3 is 2.47 bits per heavy atom. The second-order valence-electron chi connectivity index (χ2n) is 6.39. The molecule has 30 heavy (non-hydrogen) atoms. The van der Waals surface area contributed by atoms with Crippen LogP contribution in [0.1, 0.15) is 10.4 Å². The first-order valence-corrected chi connectivity index (χ1v) is 9.21. The fourth-order valence-corrected chi connectivity index (χ4v) is 2.96. The van der Waals surface area contributed by atoms with Gasteiger partial charge >= 0.3 is 0 Å². The Kier molecular flexibility index (Phi) is 5.43. The minimum Gasteiger partial charge on any atom is -0.497 e. The van der Waals surface area contributed by atoms with E-state index >= 15 is 0 Å². The number of benzene rings is 3. The van der Waals surface area contributed by atoms with Gasteiger partial charge in [0.05, 0.1) is 19.8 Å². The van der Waals surface area contributed by atoms with E-state index in [-0.39, 0.29) is 5.91 Å². The van der Waals surface area contributed by atoms with E-state index in [1.165, 1.54) is 7.11 Å². The topological polar surface area (TPSA) is 86.5 Å². The molecule has 3 aromatic carbocycles. The normalized spacial score (nSPS) is 10.5.